The number of amides is 1. The van der Waals surface area contributed by atoms with E-state index in [1.165, 1.54) is 6.26 Å². The average molecular weight is 197 g/mol. The van der Waals surface area contributed by atoms with E-state index in [0.29, 0.717) is 11.3 Å². The van der Waals surface area contributed by atoms with Crippen LogP contribution in [0.5, 0.6) is 0 Å². The second-order valence-corrected chi connectivity index (χ2v) is 3.94. The Morgan fingerprint density at radius 3 is 2.71 bits per heavy atom. The smallest absolute Gasteiger partial charge is 0.254 e. The number of rotatable bonds is 3. The van der Waals surface area contributed by atoms with Crippen LogP contribution in [-0.4, -0.2) is 23.2 Å². The summed E-state index contributed by atoms with van der Waals surface area (Å²) in [6, 6.07) is 1.65. The van der Waals surface area contributed by atoms with Crippen molar-refractivity contribution in [1.82, 2.24) is 5.32 Å². The minimum absolute atomic E-state index is 0.218. The molecule has 0 aliphatic heterocycles. The highest BCUT2D eigenvalue weighted by atomic mass is 16.3. The van der Waals surface area contributed by atoms with Gasteiger partial charge in [-0.25, -0.2) is 0 Å². The van der Waals surface area contributed by atoms with Gasteiger partial charge < -0.3 is 14.8 Å². The van der Waals surface area contributed by atoms with E-state index in [1.54, 1.807) is 26.8 Å². The van der Waals surface area contributed by atoms with Gasteiger partial charge >= 0.3 is 0 Å². The summed E-state index contributed by atoms with van der Waals surface area (Å²) in [6.07, 6.45) is 1.40. The molecular weight excluding hydrogens is 182 g/mol. The van der Waals surface area contributed by atoms with Crippen molar-refractivity contribution in [2.24, 2.45) is 0 Å². The van der Waals surface area contributed by atoms with Gasteiger partial charge in [0, 0.05) is 6.54 Å². The molecule has 1 amide bonds. The van der Waals surface area contributed by atoms with Crippen molar-refractivity contribution in [2.45, 2.75) is 26.4 Å². The first kappa shape index (κ1) is 10.8. The Morgan fingerprint density at radius 2 is 2.29 bits per heavy atom. The third-order valence-electron chi connectivity index (χ3n) is 1.67. The molecule has 0 saturated heterocycles. The zero-order valence-corrected chi connectivity index (χ0v) is 8.63. The number of carbonyl (C=O) groups is 1. The lowest BCUT2D eigenvalue weighted by atomic mass is 10.1. The molecule has 0 saturated carbocycles. The highest BCUT2D eigenvalue weighted by molar-refractivity contribution is 5.93. The van der Waals surface area contributed by atoms with E-state index in [-0.39, 0.29) is 12.5 Å². The quantitative estimate of drug-likeness (QED) is 0.762. The molecular formula is C10H15NO3. The van der Waals surface area contributed by atoms with Crippen molar-refractivity contribution in [2.75, 3.05) is 6.54 Å². The number of hydrogen-bond acceptors (Lipinski definition) is 3. The predicted octanol–water partition coefficient (Wildman–Crippen LogP) is 1.09. The van der Waals surface area contributed by atoms with Crippen LogP contribution in [0.3, 0.4) is 0 Å². The molecule has 0 spiro atoms. The summed E-state index contributed by atoms with van der Waals surface area (Å²) in [5.74, 6) is 0.461. The Bertz CT molecular complexity index is 322. The molecule has 0 aromatic carbocycles. The number of furan rings is 1. The molecule has 1 aromatic rings. The van der Waals surface area contributed by atoms with Crippen molar-refractivity contribution >= 4 is 5.91 Å². The summed E-state index contributed by atoms with van der Waals surface area (Å²) in [4.78, 5) is 11.4. The summed E-state index contributed by atoms with van der Waals surface area (Å²) >= 11 is 0. The molecule has 0 bridgehead atoms. The molecule has 4 nitrogen and oxygen atoms in total. The standard InChI is InChI=1S/C10H15NO3/c1-7-4-8(5-14-7)9(12)11-6-10(2,3)13/h4-5,13H,6H2,1-3H3,(H,11,12). The molecule has 4 heteroatoms. The summed E-state index contributed by atoms with van der Waals surface area (Å²) in [5.41, 5.74) is -0.416. The van der Waals surface area contributed by atoms with Crippen LogP contribution in [0.4, 0.5) is 0 Å². The fourth-order valence-electron chi connectivity index (χ4n) is 0.961. The highest BCUT2D eigenvalue weighted by Gasteiger charge is 2.15. The minimum atomic E-state index is -0.894. The number of aryl methyl sites for hydroxylation is 1. The zero-order chi connectivity index (χ0) is 10.8. The third kappa shape index (κ3) is 3.22. The lowest BCUT2D eigenvalue weighted by Crippen LogP contribution is -2.38. The van der Waals surface area contributed by atoms with Gasteiger partial charge in [0.2, 0.25) is 0 Å². The van der Waals surface area contributed by atoms with E-state index in [0.717, 1.165) is 0 Å². The number of nitrogens with one attached hydrogen (secondary N) is 1. The monoisotopic (exact) mass is 197 g/mol. The molecule has 1 rings (SSSR count). The van der Waals surface area contributed by atoms with Crippen LogP contribution in [0.1, 0.15) is 30.0 Å². The lowest BCUT2D eigenvalue weighted by molar-refractivity contribution is 0.0694. The fourth-order valence-corrected chi connectivity index (χ4v) is 0.961. The number of carbonyl (C=O) groups excluding carboxylic acids is 1. The summed E-state index contributed by atoms with van der Waals surface area (Å²) in [6.45, 7) is 5.25. The molecule has 14 heavy (non-hydrogen) atoms. The van der Waals surface area contributed by atoms with Crippen LogP contribution >= 0.6 is 0 Å². The molecule has 0 fully saturated rings. The van der Waals surface area contributed by atoms with Crippen molar-refractivity contribution in [3.8, 4) is 0 Å². The predicted molar refractivity (Wildman–Crippen MR) is 52.1 cm³/mol. The topological polar surface area (TPSA) is 62.5 Å². The molecule has 0 atom stereocenters. The molecule has 78 valence electrons. The maximum Gasteiger partial charge on any atom is 0.254 e. The number of hydrogen-bond donors (Lipinski definition) is 2. The van der Waals surface area contributed by atoms with Gasteiger partial charge in [0.25, 0.3) is 5.91 Å². The first-order valence-electron chi connectivity index (χ1n) is 4.44. The summed E-state index contributed by atoms with van der Waals surface area (Å²) < 4.78 is 4.99. The van der Waals surface area contributed by atoms with Gasteiger partial charge in [-0.1, -0.05) is 0 Å². The first-order chi connectivity index (χ1) is 6.38. The van der Waals surface area contributed by atoms with Gasteiger partial charge in [-0.05, 0) is 26.8 Å². The maximum atomic E-state index is 11.4. The summed E-state index contributed by atoms with van der Waals surface area (Å²) in [5, 5.41) is 12.0. The van der Waals surface area contributed by atoms with Gasteiger partial charge in [0.1, 0.15) is 12.0 Å². The van der Waals surface area contributed by atoms with Crippen LogP contribution in [0.25, 0.3) is 0 Å². The second kappa shape index (κ2) is 3.84. The minimum Gasteiger partial charge on any atom is -0.469 e. The normalized spacial score (nSPS) is 11.4. The van der Waals surface area contributed by atoms with Crippen LogP contribution in [0.2, 0.25) is 0 Å². The largest absolute Gasteiger partial charge is 0.469 e. The van der Waals surface area contributed by atoms with Crippen molar-refractivity contribution in [1.29, 1.82) is 0 Å². The summed E-state index contributed by atoms with van der Waals surface area (Å²) in [7, 11) is 0. The van der Waals surface area contributed by atoms with Crippen LogP contribution < -0.4 is 5.32 Å². The highest BCUT2D eigenvalue weighted by Crippen LogP contribution is 2.06. The molecule has 2 N–H and O–H groups in total. The first-order valence-corrected chi connectivity index (χ1v) is 4.44. The lowest BCUT2D eigenvalue weighted by Gasteiger charge is -2.16. The molecule has 0 radical (unpaired) electrons. The number of aliphatic hydroxyl groups is 1. The Labute approximate surface area is 82.9 Å². The van der Waals surface area contributed by atoms with E-state index in [9.17, 15) is 9.90 Å². The van der Waals surface area contributed by atoms with E-state index in [2.05, 4.69) is 5.32 Å². The third-order valence-corrected chi connectivity index (χ3v) is 1.67. The molecule has 1 heterocycles. The Balaban J connectivity index is 2.52. The van der Waals surface area contributed by atoms with Crippen LogP contribution in [-0.2, 0) is 0 Å². The van der Waals surface area contributed by atoms with Gasteiger partial charge in [0.05, 0.1) is 11.2 Å². The zero-order valence-electron chi connectivity index (χ0n) is 8.63. The van der Waals surface area contributed by atoms with E-state index >= 15 is 0 Å². The van der Waals surface area contributed by atoms with Crippen molar-refractivity contribution in [3.05, 3.63) is 23.7 Å². The Hall–Kier alpha value is -1.29. The Morgan fingerprint density at radius 1 is 1.64 bits per heavy atom. The SMILES string of the molecule is Cc1cc(C(=O)NCC(C)(C)O)co1. The molecule has 0 aliphatic carbocycles. The average Bonchev–Trinajstić information content (AvgIpc) is 2.46. The molecule has 0 unspecified atom stereocenters. The molecule has 1 aromatic heterocycles. The fraction of sp³-hybridized carbons (Fsp3) is 0.500. The van der Waals surface area contributed by atoms with Crippen molar-refractivity contribution in [3.63, 3.8) is 0 Å². The molecule has 0 aliphatic rings. The van der Waals surface area contributed by atoms with E-state index < -0.39 is 5.60 Å². The second-order valence-electron chi connectivity index (χ2n) is 3.94. The van der Waals surface area contributed by atoms with Crippen LogP contribution in [0.15, 0.2) is 16.7 Å². The van der Waals surface area contributed by atoms with Crippen LogP contribution in [0, 0.1) is 6.92 Å². The van der Waals surface area contributed by atoms with Gasteiger partial charge in [0.15, 0.2) is 0 Å². The van der Waals surface area contributed by atoms with Gasteiger partial charge in [-0.3, -0.25) is 4.79 Å². The van der Waals surface area contributed by atoms with Gasteiger partial charge in [-0.15, -0.1) is 0 Å². The van der Waals surface area contributed by atoms with Crippen molar-refractivity contribution < 1.29 is 14.3 Å². The van der Waals surface area contributed by atoms with Gasteiger partial charge in [-0.2, -0.15) is 0 Å². The maximum absolute atomic E-state index is 11.4. The van der Waals surface area contributed by atoms with E-state index in [4.69, 9.17) is 4.42 Å². The van der Waals surface area contributed by atoms with E-state index in [1.807, 2.05) is 0 Å². The Kier molecular flexibility index (Phi) is 2.96.